The van der Waals surface area contributed by atoms with Gasteiger partial charge in [0, 0.05) is 0 Å². The van der Waals surface area contributed by atoms with E-state index < -0.39 is 0 Å². The summed E-state index contributed by atoms with van der Waals surface area (Å²) in [7, 11) is 0. The normalized spacial score (nSPS) is 17.9. The van der Waals surface area contributed by atoms with Crippen LogP contribution in [0.15, 0.2) is 12.2 Å². The Morgan fingerprint density at radius 1 is 0.900 bits per heavy atom. The second-order valence-corrected chi connectivity index (χ2v) is 5.93. The van der Waals surface area contributed by atoms with Crippen molar-refractivity contribution in [3.8, 4) is 0 Å². The molecule has 2 nitrogen and oxygen atoms in total. The first-order valence-electron chi connectivity index (χ1n) is 8.78. The lowest BCUT2D eigenvalue weighted by molar-refractivity contribution is 0.140. The summed E-state index contributed by atoms with van der Waals surface area (Å²) in [6, 6.07) is 0. The van der Waals surface area contributed by atoms with Crippen LogP contribution in [0.5, 0.6) is 0 Å². The van der Waals surface area contributed by atoms with Gasteiger partial charge in [-0.1, -0.05) is 76.9 Å². The van der Waals surface area contributed by atoms with Crippen LogP contribution in [-0.2, 0) is 9.47 Å². The number of rotatable bonds is 15. The van der Waals surface area contributed by atoms with Crippen molar-refractivity contribution < 1.29 is 9.47 Å². The molecule has 0 spiro atoms. The predicted octanol–water partition coefficient (Wildman–Crippen LogP) is 5.27. The Balaban J connectivity index is 1.66. The lowest BCUT2D eigenvalue weighted by Gasteiger charge is -2.01. The molecule has 1 fully saturated rings. The average molecular weight is 282 g/mol. The second-order valence-electron chi connectivity index (χ2n) is 5.93. The quantitative estimate of drug-likeness (QED) is 0.232. The van der Waals surface area contributed by atoms with Crippen LogP contribution in [0.25, 0.3) is 0 Å². The Morgan fingerprint density at radius 2 is 1.50 bits per heavy atom. The van der Waals surface area contributed by atoms with Crippen LogP contribution < -0.4 is 0 Å². The van der Waals surface area contributed by atoms with Gasteiger partial charge in [0.15, 0.2) is 0 Å². The van der Waals surface area contributed by atoms with E-state index in [1.807, 2.05) is 0 Å². The Hall–Kier alpha value is -0.340. The maximum atomic E-state index is 5.45. The summed E-state index contributed by atoms with van der Waals surface area (Å²) in [6.07, 6.45) is 20.1. The van der Waals surface area contributed by atoms with E-state index in [-0.39, 0.29) is 0 Å². The molecule has 1 heterocycles. The van der Waals surface area contributed by atoms with Gasteiger partial charge in [0.2, 0.25) is 0 Å². The maximum Gasteiger partial charge on any atom is 0.104 e. The van der Waals surface area contributed by atoms with Gasteiger partial charge in [-0.05, 0) is 12.8 Å². The fourth-order valence-corrected chi connectivity index (χ4v) is 2.37. The molecule has 1 atom stereocenters. The minimum atomic E-state index is 0.394. The third-order valence-electron chi connectivity index (χ3n) is 3.81. The SMILES string of the molecule is CCCCCCCCCCCCC=CCOCC1CO1. The monoisotopic (exact) mass is 282 g/mol. The molecule has 2 heteroatoms. The molecule has 1 aliphatic heterocycles. The van der Waals surface area contributed by atoms with Crippen molar-refractivity contribution in [3.63, 3.8) is 0 Å². The van der Waals surface area contributed by atoms with E-state index in [4.69, 9.17) is 9.47 Å². The van der Waals surface area contributed by atoms with Gasteiger partial charge in [-0.15, -0.1) is 0 Å². The first kappa shape index (κ1) is 17.7. The molecule has 0 bridgehead atoms. The Labute approximate surface area is 125 Å². The first-order chi connectivity index (χ1) is 9.93. The predicted molar refractivity (Wildman–Crippen MR) is 86.2 cm³/mol. The molecular weight excluding hydrogens is 248 g/mol. The minimum Gasteiger partial charge on any atom is -0.375 e. The lowest BCUT2D eigenvalue weighted by atomic mass is 10.1. The van der Waals surface area contributed by atoms with Crippen LogP contribution in [-0.4, -0.2) is 25.9 Å². The zero-order chi connectivity index (χ0) is 14.3. The minimum absolute atomic E-state index is 0.394. The number of hydrogen-bond donors (Lipinski definition) is 0. The van der Waals surface area contributed by atoms with Gasteiger partial charge in [-0.2, -0.15) is 0 Å². The number of unbranched alkanes of at least 4 members (excludes halogenated alkanes) is 10. The third-order valence-corrected chi connectivity index (χ3v) is 3.81. The largest absolute Gasteiger partial charge is 0.375 e. The highest BCUT2D eigenvalue weighted by atomic mass is 16.6. The highest BCUT2D eigenvalue weighted by Gasteiger charge is 2.21. The molecule has 1 aliphatic rings. The first-order valence-corrected chi connectivity index (χ1v) is 8.78. The van der Waals surface area contributed by atoms with E-state index in [0.29, 0.717) is 6.10 Å². The molecule has 0 N–H and O–H groups in total. The summed E-state index contributed by atoms with van der Waals surface area (Å²) in [5.74, 6) is 0. The number of ether oxygens (including phenoxy) is 2. The summed E-state index contributed by atoms with van der Waals surface area (Å²) in [4.78, 5) is 0. The van der Waals surface area contributed by atoms with Crippen LogP contribution >= 0.6 is 0 Å². The molecule has 1 unspecified atom stereocenters. The van der Waals surface area contributed by atoms with Crippen LogP contribution in [0.2, 0.25) is 0 Å². The molecule has 118 valence electrons. The van der Waals surface area contributed by atoms with E-state index in [9.17, 15) is 0 Å². The molecule has 1 rings (SSSR count). The highest BCUT2D eigenvalue weighted by Crippen LogP contribution is 2.11. The van der Waals surface area contributed by atoms with Crippen LogP contribution in [0.3, 0.4) is 0 Å². The molecule has 0 saturated carbocycles. The Bertz CT molecular complexity index is 221. The zero-order valence-electron chi connectivity index (χ0n) is 13.4. The van der Waals surface area contributed by atoms with Gasteiger partial charge in [-0.25, -0.2) is 0 Å². The van der Waals surface area contributed by atoms with Crippen molar-refractivity contribution in [3.05, 3.63) is 12.2 Å². The molecule has 0 aromatic rings. The van der Waals surface area contributed by atoms with E-state index in [0.717, 1.165) is 19.8 Å². The molecular formula is C18H34O2. The number of epoxide rings is 1. The topological polar surface area (TPSA) is 21.8 Å². The fraction of sp³-hybridized carbons (Fsp3) is 0.889. The summed E-state index contributed by atoms with van der Waals surface area (Å²) in [5, 5.41) is 0. The number of allylic oxidation sites excluding steroid dienone is 1. The molecule has 0 radical (unpaired) electrons. The van der Waals surface area contributed by atoms with E-state index in [1.54, 1.807) is 0 Å². The molecule has 0 amide bonds. The number of hydrogen-bond acceptors (Lipinski definition) is 2. The van der Waals surface area contributed by atoms with Gasteiger partial charge in [0.1, 0.15) is 6.10 Å². The Kier molecular flexibility index (Phi) is 12.1. The standard InChI is InChI=1S/C18H34O2/c1-2-3-4-5-6-7-8-9-10-11-12-13-14-15-19-16-18-17-20-18/h13-14,18H,2-12,15-17H2,1H3. The third kappa shape index (κ3) is 12.7. The summed E-state index contributed by atoms with van der Waals surface area (Å²) in [5.41, 5.74) is 0. The van der Waals surface area contributed by atoms with Crippen molar-refractivity contribution in [1.29, 1.82) is 0 Å². The van der Waals surface area contributed by atoms with Crippen molar-refractivity contribution >= 4 is 0 Å². The van der Waals surface area contributed by atoms with Crippen LogP contribution in [0.4, 0.5) is 0 Å². The van der Waals surface area contributed by atoms with Crippen LogP contribution in [0.1, 0.15) is 77.6 Å². The summed E-state index contributed by atoms with van der Waals surface area (Å²) in [6.45, 7) is 4.69. The van der Waals surface area contributed by atoms with Crippen molar-refractivity contribution in [2.75, 3.05) is 19.8 Å². The van der Waals surface area contributed by atoms with Gasteiger partial charge >= 0.3 is 0 Å². The fourth-order valence-electron chi connectivity index (χ4n) is 2.37. The van der Waals surface area contributed by atoms with E-state index in [1.165, 1.54) is 70.6 Å². The molecule has 0 aromatic heterocycles. The molecule has 1 saturated heterocycles. The van der Waals surface area contributed by atoms with E-state index >= 15 is 0 Å². The van der Waals surface area contributed by atoms with Gasteiger partial charge in [0.05, 0.1) is 19.8 Å². The smallest absolute Gasteiger partial charge is 0.104 e. The molecule has 0 aliphatic carbocycles. The van der Waals surface area contributed by atoms with Crippen molar-refractivity contribution in [2.45, 2.75) is 83.7 Å². The van der Waals surface area contributed by atoms with Gasteiger partial charge < -0.3 is 9.47 Å². The lowest BCUT2D eigenvalue weighted by Crippen LogP contribution is -2.00. The van der Waals surface area contributed by atoms with Gasteiger partial charge in [-0.3, -0.25) is 0 Å². The second kappa shape index (κ2) is 13.6. The van der Waals surface area contributed by atoms with Crippen molar-refractivity contribution in [1.82, 2.24) is 0 Å². The zero-order valence-corrected chi connectivity index (χ0v) is 13.4. The van der Waals surface area contributed by atoms with E-state index in [2.05, 4.69) is 19.1 Å². The molecule has 0 aromatic carbocycles. The maximum absolute atomic E-state index is 5.45. The molecule has 20 heavy (non-hydrogen) atoms. The average Bonchev–Trinajstić information content (AvgIpc) is 3.27. The van der Waals surface area contributed by atoms with Crippen molar-refractivity contribution in [2.24, 2.45) is 0 Å². The van der Waals surface area contributed by atoms with Crippen LogP contribution in [0, 0.1) is 0 Å². The summed E-state index contributed by atoms with van der Waals surface area (Å²) >= 11 is 0. The highest BCUT2D eigenvalue weighted by molar-refractivity contribution is 4.81. The Morgan fingerprint density at radius 3 is 2.10 bits per heavy atom. The van der Waals surface area contributed by atoms with Gasteiger partial charge in [0.25, 0.3) is 0 Å². The summed E-state index contributed by atoms with van der Waals surface area (Å²) < 4.78 is 10.5.